The lowest BCUT2D eigenvalue weighted by Crippen LogP contribution is -2.69. The molecule has 0 radical (unpaired) electrons. The maximum atomic E-state index is 13.3. The molecular weight excluding hydrogens is 629 g/mol. The van der Waals surface area contributed by atoms with E-state index in [-0.39, 0.29) is 16.7 Å². The van der Waals surface area contributed by atoms with Crippen molar-refractivity contribution in [2.24, 2.45) is 0 Å². The van der Waals surface area contributed by atoms with E-state index in [9.17, 15) is 4.79 Å². The summed E-state index contributed by atoms with van der Waals surface area (Å²) in [6.07, 6.45) is -2.15. The van der Waals surface area contributed by atoms with Gasteiger partial charge in [-0.25, -0.2) is 4.79 Å². The lowest BCUT2D eigenvalue weighted by Gasteiger charge is -2.47. The van der Waals surface area contributed by atoms with Gasteiger partial charge < -0.3 is 18.3 Å². The molecule has 0 amide bonds. The highest BCUT2D eigenvalue weighted by Gasteiger charge is 2.55. The lowest BCUT2D eigenvalue weighted by molar-refractivity contribution is -0.0193. The van der Waals surface area contributed by atoms with Gasteiger partial charge >= 0.3 is 6.16 Å². The third-order valence-electron chi connectivity index (χ3n) is 9.52. The molecule has 7 heteroatoms. The smallest absolute Gasteiger partial charge is 0.426 e. The van der Waals surface area contributed by atoms with Gasteiger partial charge in [-0.1, -0.05) is 169 Å². The molecule has 4 aromatic rings. The fourth-order valence-corrected chi connectivity index (χ4v) is 16.5. The number of cyclic esters (lactones) is 2. The van der Waals surface area contributed by atoms with E-state index in [1.165, 1.54) is 0 Å². The first-order valence-corrected chi connectivity index (χ1v) is 20.7. The van der Waals surface area contributed by atoms with Gasteiger partial charge in [-0.15, -0.1) is 0 Å². The Kier molecular flexibility index (Phi) is 10.7. The Morgan fingerprint density at radius 2 is 1.04 bits per heavy atom. The number of ether oxygens (including phenoxy) is 2. The zero-order valence-corrected chi connectivity index (χ0v) is 31.4. The highest BCUT2D eigenvalue weighted by atomic mass is 28.4. The SMILES string of the molecule is C=C(C)C1C[C@H](O[Si](c2ccccc2)(c2ccccc2)C(C)(C)C)[C@@H](CO[Si](c2ccccc2)(c2ccccc2)C(C)(C)C)OC(=O)O1. The lowest BCUT2D eigenvalue weighted by atomic mass is 10.0. The summed E-state index contributed by atoms with van der Waals surface area (Å²) in [7, 11) is -6.00. The van der Waals surface area contributed by atoms with E-state index < -0.39 is 41.1 Å². The number of hydrogen-bond acceptors (Lipinski definition) is 5. The summed E-state index contributed by atoms with van der Waals surface area (Å²) in [5.41, 5.74) is 0.747. The van der Waals surface area contributed by atoms with Gasteiger partial charge in [0, 0.05) is 6.42 Å². The molecule has 5 nitrogen and oxygen atoms in total. The first-order chi connectivity index (χ1) is 22.8. The van der Waals surface area contributed by atoms with Crippen LogP contribution in [0.3, 0.4) is 0 Å². The minimum absolute atomic E-state index is 0.147. The number of carbonyl (C=O) groups is 1. The maximum absolute atomic E-state index is 13.3. The van der Waals surface area contributed by atoms with E-state index in [4.69, 9.17) is 18.3 Å². The van der Waals surface area contributed by atoms with Crippen molar-refractivity contribution in [1.29, 1.82) is 0 Å². The molecule has 0 bridgehead atoms. The molecule has 1 aliphatic rings. The molecule has 1 fully saturated rings. The van der Waals surface area contributed by atoms with Gasteiger partial charge in [0.2, 0.25) is 0 Å². The van der Waals surface area contributed by atoms with Crippen LogP contribution in [0.5, 0.6) is 0 Å². The average molecular weight is 679 g/mol. The molecule has 4 aromatic carbocycles. The second-order valence-corrected chi connectivity index (χ2v) is 23.4. The normalized spacial score (nSPS) is 19.1. The molecule has 0 aliphatic carbocycles. The summed E-state index contributed by atoms with van der Waals surface area (Å²) in [5, 5.41) is 4.08. The summed E-state index contributed by atoms with van der Waals surface area (Å²) in [6.45, 7) is 19.7. The van der Waals surface area contributed by atoms with E-state index in [2.05, 4.69) is 145 Å². The van der Waals surface area contributed by atoms with Gasteiger partial charge in [0.15, 0.2) is 6.10 Å². The van der Waals surface area contributed by atoms with E-state index in [1.807, 2.05) is 31.2 Å². The van der Waals surface area contributed by atoms with Gasteiger partial charge in [0.1, 0.15) is 6.10 Å². The molecule has 1 saturated heterocycles. The molecule has 1 heterocycles. The van der Waals surface area contributed by atoms with Crippen molar-refractivity contribution in [2.75, 3.05) is 6.61 Å². The van der Waals surface area contributed by atoms with Crippen LogP contribution in [0.1, 0.15) is 54.9 Å². The molecule has 252 valence electrons. The second-order valence-electron chi connectivity index (χ2n) is 14.9. The maximum Gasteiger partial charge on any atom is 0.509 e. The van der Waals surface area contributed by atoms with Crippen molar-refractivity contribution < 1.29 is 23.1 Å². The van der Waals surface area contributed by atoms with Gasteiger partial charge in [0.05, 0.1) is 12.7 Å². The zero-order chi connectivity index (χ0) is 34.6. The minimum Gasteiger partial charge on any atom is -0.426 e. The van der Waals surface area contributed by atoms with Crippen molar-refractivity contribution in [3.05, 3.63) is 133 Å². The Labute approximate surface area is 289 Å². The van der Waals surface area contributed by atoms with E-state index in [0.717, 1.165) is 26.3 Å². The van der Waals surface area contributed by atoms with Crippen LogP contribution in [0.4, 0.5) is 4.79 Å². The van der Waals surface area contributed by atoms with E-state index in [0.29, 0.717) is 6.42 Å². The summed E-state index contributed by atoms with van der Waals surface area (Å²) in [5.74, 6) is 0. The zero-order valence-electron chi connectivity index (χ0n) is 29.4. The Morgan fingerprint density at radius 1 is 0.667 bits per heavy atom. The highest BCUT2D eigenvalue weighted by molar-refractivity contribution is 7.00. The Morgan fingerprint density at radius 3 is 1.40 bits per heavy atom. The largest absolute Gasteiger partial charge is 0.509 e. The second kappa shape index (κ2) is 14.4. The van der Waals surface area contributed by atoms with Crippen LogP contribution < -0.4 is 20.7 Å². The predicted molar refractivity (Wildman–Crippen MR) is 201 cm³/mol. The minimum atomic E-state index is -3.05. The predicted octanol–water partition coefficient (Wildman–Crippen LogP) is 7.38. The van der Waals surface area contributed by atoms with Gasteiger partial charge in [0.25, 0.3) is 16.6 Å². The molecule has 3 atom stereocenters. The summed E-state index contributed by atoms with van der Waals surface area (Å²) >= 11 is 0. The Balaban J connectivity index is 1.66. The molecular formula is C41H50O5Si2. The third-order valence-corrected chi connectivity index (χ3v) is 19.6. The summed E-state index contributed by atoms with van der Waals surface area (Å²) in [6, 6.07) is 42.1. The topological polar surface area (TPSA) is 54.0 Å². The van der Waals surface area contributed by atoms with Gasteiger partial charge in [-0.3, -0.25) is 0 Å². The first-order valence-electron chi connectivity index (χ1n) is 16.9. The molecule has 1 aliphatic heterocycles. The number of benzene rings is 4. The van der Waals surface area contributed by atoms with Crippen molar-refractivity contribution >= 4 is 43.5 Å². The quantitative estimate of drug-likeness (QED) is 0.0996. The van der Waals surface area contributed by atoms with Crippen LogP contribution >= 0.6 is 0 Å². The standard InChI is InChI=1S/C41H50O5Si2/c1-31(2)36-29-37(46-48(41(6,7)8,34-25-17-11-18-26-34)35-27-19-12-20-28-35)38(45-39(42)44-36)30-43-47(40(3,4)5,32-21-13-9-14-22-32)33-23-15-10-16-24-33/h9-28,36-38H,1,29-30H2,2-8H3/t36?,37-,38+/m0/s1. The Bertz CT molecular complexity index is 1570. The Hall–Kier alpha value is -3.76. The van der Waals surface area contributed by atoms with Crippen LogP contribution in [0.2, 0.25) is 10.1 Å². The van der Waals surface area contributed by atoms with Gasteiger partial charge in [-0.05, 0) is 43.3 Å². The number of carbonyl (C=O) groups excluding carboxylic acids is 1. The van der Waals surface area contributed by atoms with Crippen LogP contribution in [0.15, 0.2) is 133 Å². The fourth-order valence-electron chi connectivity index (χ4n) is 7.21. The first kappa shape index (κ1) is 35.5. The average Bonchev–Trinajstić information content (AvgIpc) is 3.22. The molecule has 5 rings (SSSR count). The fraction of sp³-hybridized carbons (Fsp3) is 0.341. The van der Waals surface area contributed by atoms with E-state index >= 15 is 0 Å². The van der Waals surface area contributed by atoms with Crippen LogP contribution in [-0.4, -0.2) is 47.7 Å². The van der Waals surface area contributed by atoms with Crippen molar-refractivity contribution in [3.8, 4) is 0 Å². The van der Waals surface area contributed by atoms with Crippen molar-refractivity contribution in [1.82, 2.24) is 0 Å². The van der Waals surface area contributed by atoms with Crippen molar-refractivity contribution in [3.63, 3.8) is 0 Å². The molecule has 0 spiro atoms. The molecule has 0 saturated carbocycles. The monoisotopic (exact) mass is 678 g/mol. The van der Waals surface area contributed by atoms with Crippen LogP contribution in [0, 0.1) is 0 Å². The summed E-state index contributed by atoms with van der Waals surface area (Å²) < 4.78 is 27.1. The molecule has 48 heavy (non-hydrogen) atoms. The summed E-state index contributed by atoms with van der Waals surface area (Å²) in [4.78, 5) is 13.3. The molecule has 1 unspecified atom stereocenters. The highest BCUT2D eigenvalue weighted by Crippen LogP contribution is 2.41. The van der Waals surface area contributed by atoms with Gasteiger partial charge in [-0.2, -0.15) is 0 Å². The molecule has 0 N–H and O–H groups in total. The van der Waals surface area contributed by atoms with Crippen molar-refractivity contribution in [2.45, 2.75) is 83.3 Å². The number of hydrogen-bond donors (Lipinski definition) is 0. The van der Waals surface area contributed by atoms with Crippen LogP contribution in [-0.2, 0) is 18.3 Å². The third kappa shape index (κ3) is 7.01. The van der Waals surface area contributed by atoms with Crippen LogP contribution in [0.25, 0.3) is 0 Å². The number of rotatable bonds is 10. The molecule has 0 aromatic heterocycles. The van der Waals surface area contributed by atoms with E-state index in [1.54, 1.807) is 0 Å².